The van der Waals surface area contributed by atoms with Crippen LogP contribution in [0.1, 0.15) is 24.5 Å². The van der Waals surface area contributed by atoms with Crippen molar-refractivity contribution in [3.8, 4) is 12.3 Å². The van der Waals surface area contributed by atoms with Crippen molar-refractivity contribution >= 4 is 0 Å². The zero-order valence-electron chi connectivity index (χ0n) is 8.98. The first-order valence-corrected chi connectivity index (χ1v) is 5.13. The molecule has 15 heavy (non-hydrogen) atoms. The van der Waals surface area contributed by atoms with E-state index in [0.717, 1.165) is 12.0 Å². The normalized spacial score (nSPS) is 14.2. The molecule has 2 N–H and O–H groups in total. The summed E-state index contributed by atoms with van der Waals surface area (Å²) >= 11 is 0. The van der Waals surface area contributed by atoms with Crippen molar-refractivity contribution in [3.63, 3.8) is 0 Å². The second-order valence-electron chi connectivity index (χ2n) is 3.49. The van der Waals surface area contributed by atoms with Crippen molar-refractivity contribution < 1.29 is 5.11 Å². The molecule has 0 radical (unpaired) electrons. The van der Waals surface area contributed by atoms with Crippen molar-refractivity contribution in [2.45, 2.75) is 25.0 Å². The molecule has 0 bridgehead atoms. The fourth-order valence-corrected chi connectivity index (χ4v) is 1.58. The second kappa shape index (κ2) is 6.23. The number of nitrogens with one attached hydrogen (secondary N) is 1. The number of terminal acetylenes is 1. The van der Waals surface area contributed by atoms with Gasteiger partial charge in [-0.15, -0.1) is 12.3 Å². The molecular weight excluding hydrogens is 186 g/mol. The van der Waals surface area contributed by atoms with E-state index in [4.69, 9.17) is 6.42 Å². The lowest BCUT2D eigenvalue weighted by molar-refractivity contribution is 0.128. The van der Waals surface area contributed by atoms with Crippen LogP contribution in [0.25, 0.3) is 0 Å². The lowest BCUT2D eigenvalue weighted by Gasteiger charge is -2.21. The molecular formula is C13H17NO. The van der Waals surface area contributed by atoms with Crippen molar-refractivity contribution in [2.24, 2.45) is 0 Å². The van der Waals surface area contributed by atoms with Gasteiger partial charge in [-0.25, -0.2) is 0 Å². The number of rotatable bonds is 5. The molecule has 0 spiro atoms. The van der Waals surface area contributed by atoms with E-state index >= 15 is 0 Å². The van der Waals surface area contributed by atoms with Gasteiger partial charge in [0.25, 0.3) is 0 Å². The molecule has 1 rings (SSSR count). The van der Waals surface area contributed by atoms with Crippen molar-refractivity contribution in [2.75, 3.05) is 7.05 Å². The number of aliphatic hydroxyl groups is 1. The molecule has 0 heterocycles. The molecule has 1 aromatic rings. The van der Waals surface area contributed by atoms with Crippen LogP contribution in [0.15, 0.2) is 30.3 Å². The fraction of sp³-hybridized carbons (Fsp3) is 0.385. The minimum atomic E-state index is -0.496. The van der Waals surface area contributed by atoms with E-state index < -0.39 is 6.10 Å². The third-order valence-corrected chi connectivity index (χ3v) is 2.49. The number of benzene rings is 1. The average molecular weight is 203 g/mol. The van der Waals surface area contributed by atoms with Gasteiger partial charge in [0.1, 0.15) is 0 Å². The van der Waals surface area contributed by atoms with E-state index in [1.165, 1.54) is 0 Å². The zero-order valence-corrected chi connectivity index (χ0v) is 8.98. The van der Waals surface area contributed by atoms with Crippen LogP contribution >= 0.6 is 0 Å². The van der Waals surface area contributed by atoms with Crippen LogP contribution in [0.4, 0.5) is 0 Å². The summed E-state index contributed by atoms with van der Waals surface area (Å²) in [5.41, 5.74) is 0.925. The van der Waals surface area contributed by atoms with E-state index in [2.05, 4.69) is 11.2 Å². The minimum absolute atomic E-state index is 0.0171. The van der Waals surface area contributed by atoms with Crippen LogP contribution < -0.4 is 5.32 Å². The van der Waals surface area contributed by atoms with Gasteiger partial charge in [0, 0.05) is 12.5 Å². The molecule has 80 valence electrons. The molecule has 0 saturated heterocycles. The summed E-state index contributed by atoms with van der Waals surface area (Å²) in [4.78, 5) is 0. The number of aliphatic hydroxyl groups excluding tert-OH is 1. The Morgan fingerprint density at radius 2 is 2.07 bits per heavy atom. The van der Waals surface area contributed by atoms with Crippen molar-refractivity contribution in [1.82, 2.24) is 5.32 Å². The van der Waals surface area contributed by atoms with Gasteiger partial charge in [-0.2, -0.15) is 0 Å². The molecule has 0 saturated carbocycles. The maximum Gasteiger partial charge on any atom is 0.0943 e. The van der Waals surface area contributed by atoms with Gasteiger partial charge in [-0.3, -0.25) is 0 Å². The Morgan fingerprint density at radius 1 is 1.40 bits per heavy atom. The second-order valence-corrected chi connectivity index (χ2v) is 3.49. The zero-order chi connectivity index (χ0) is 11.1. The molecule has 0 aliphatic heterocycles. The van der Waals surface area contributed by atoms with Crippen LogP contribution in [-0.2, 0) is 0 Å². The van der Waals surface area contributed by atoms with Crippen LogP contribution in [0.2, 0.25) is 0 Å². The highest BCUT2D eigenvalue weighted by Gasteiger charge is 2.17. The highest BCUT2D eigenvalue weighted by atomic mass is 16.3. The molecule has 2 heteroatoms. The topological polar surface area (TPSA) is 32.3 Å². The quantitative estimate of drug-likeness (QED) is 0.714. The number of hydrogen-bond donors (Lipinski definition) is 2. The van der Waals surface area contributed by atoms with Crippen molar-refractivity contribution in [1.29, 1.82) is 0 Å². The minimum Gasteiger partial charge on any atom is -0.387 e. The molecule has 1 aromatic carbocycles. The molecule has 0 aliphatic carbocycles. The molecule has 2 atom stereocenters. The van der Waals surface area contributed by atoms with Crippen LogP contribution in [0, 0.1) is 12.3 Å². The van der Waals surface area contributed by atoms with Gasteiger partial charge >= 0.3 is 0 Å². The van der Waals surface area contributed by atoms with Gasteiger partial charge in [0.05, 0.1) is 6.10 Å². The predicted molar refractivity (Wildman–Crippen MR) is 62.3 cm³/mol. The Hall–Kier alpha value is -1.30. The summed E-state index contributed by atoms with van der Waals surface area (Å²) in [6, 6.07) is 9.64. The highest BCUT2D eigenvalue weighted by Crippen LogP contribution is 2.18. The maximum absolute atomic E-state index is 10.1. The lowest BCUT2D eigenvalue weighted by Crippen LogP contribution is -2.31. The first-order chi connectivity index (χ1) is 7.29. The van der Waals surface area contributed by atoms with E-state index in [0.29, 0.717) is 6.42 Å². The van der Waals surface area contributed by atoms with Crippen LogP contribution in [0.3, 0.4) is 0 Å². The van der Waals surface area contributed by atoms with E-state index in [-0.39, 0.29) is 6.04 Å². The molecule has 0 amide bonds. The Bertz CT molecular complexity index is 315. The number of hydrogen-bond acceptors (Lipinski definition) is 2. The molecule has 2 nitrogen and oxygen atoms in total. The summed E-state index contributed by atoms with van der Waals surface area (Å²) < 4.78 is 0. The molecule has 0 aliphatic rings. The third kappa shape index (κ3) is 3.39. The molecule has 0 unspecified atom stereocenters. The van der Waals surface area contributed by atoms with Gasteiger partial charge in [-0.05, 0) is 19.0 Å². The standard InChI is InChI=1S/C13H17NO/c1-3-4-10-12(14-2)13(15)11-8-6-5-7-9-11/h1,5-9,12-15H,4,10H2,2H3/t12-,13-/m1/s1. The van der Waals surface area contributed by atoms with Gasteiger partial charge in [0.15, 0.2) is 0 Å². The first kappa shape index (κ1) is 11.8. The Morgan fingerprint density at radius 3 is 2.60 bits per heavy atom. The van der Waals surface area contributed by atoms with E-state index in [1.54, 1.807) is 0 Å². The average Bonchev–Trinajstić information content (AvgIpc) is 2.31. The van der Waals surface area contributed by atoms with Crippen LogP contribution in [-0.4, -0.2) is 18.2 Å². The third-order valence-electron chi connectivity index (χ3n) is 2.49. The van der Waals surface area contributed by atoms with E-state index in [9.17, 15) is 5.11 Å². The first-order valence-electron chi connectivity index (χ1n) is 5.13. The van der Waals surface area contributed by atoms with Crippen molar-refractivity contribution in [3.05, 3.63) is 35.9 Å². The Kier molecular flexibility index (Phi) is 4.89. The summed E-state index contributed by atoms with van der Waals surface area (Å²) in [6.07, 6.45) is 6.17. The molecule has 0 aromatic heterocycles. The highest BCUT2D eigenvalue weighted by molar-refractivity contribution is 5.18. The summed E-state index contributed by atoms with van der Waals surface area (Å²) in [7, 11) is 1.84. The van der Waals surface area contributed by atoms with Crippen LogP contribution in [0.5, 0.6) is 0 Å². The SMILES string of the molecule is C#CCC[C@@H](NC)[C@H](O)c1ccccc1. The fourth-order valence-electron chi connectivity index (χ4n) is 1.58. The maximum atomic E-state index is 10.1. The summed E-state index contributed by atoms with van der Waals surface area (Å²) in [5, 5.41) is 13.2. The predicted octanol–water partition coefficient (Wildman–Crippen LogP) is 1.72. The number of likely N-dealkylation sites (N-methyl/N-ethyl adjacent to an activating group) is 1. The van der Waals surface area contributed by atoms with Gasteiger partial charge in [-0.1, -0.05) is 30.3 Å². The van der Waals surface area contributed by atoms with E-state index in [1.807, 2.05) is 37.4 Å². The van der Waals surface area contributed by atoms with Gasteiger partial charge in [0.2, 0.25) is 0 Å². The molecule has 0 fully saturated rings. The monoisotopic (exact) mass is 203 g/mol. The Labute approximate surface area is 91.3 Å². The van der Waals surface area contributed by atoms with Gasteiger partial charge < -0.3 is 10.4 Å². The Balaban J connectivity index is 2.65. The lowest BCUT2D eigenvalue weighted by atomic mass is 9.99. The smallest absolute Gasteiger partial charge is 0.0943 e. The summed E-state index contributed by atoms with van der Waals surface area (Å²) in [6.45, 7) is 0. The summed E-state index contributed by atoms with van der Waals surface area (Å²) in [5.74, 6) is 2.59. The largest absolute Gasteiger partial charge is 0.387 e.